The van der Waals surface area contributed by atoms with Gasteiger partial charge < -0.3 is 10.2 Å². The van der Waals surface area contributed by atoms with Gasteiger partial charge in [-0.25, -0.2) is 0 Å². The summed E-state index contributed by atoms with van der Waals surface area (Å²) in [5, 5.41) is 5.13. The van der Waals surface area contributed by atoms with Crippen LogP contribution < -0.4 is 5.32 Å². The molecule has 4 nitrogen and oxygen atoms in total. The largest absolute Gasteiger partial charge is 0.355 e. The summed E-state index contributed by atoms with van der Waals surface area (Å²) >= 11 is 1.73. The Morgan fingerprint density at radius 3 is 2.59 bits per heavy atom. The number of nitrogens with zero attached hydrogens (tertiary/aromatic N) is 1. The lowest BCUT2D eigenvalue weighted by Gasteiger charge is -2.32. The Balaban J connectivity index is 1.44. The number of thiophene rings is 1. The molecule has 2 unspecified atom stereocenters. The lowest BCUT2D eigenvalue weighted by Crippen LogP contribution is -2.44. The highest BCUT2D eigenvalue weighted by Gasteiger charge is 2.61. The molecule has 1 saturated carbocycles. The zero-order chi connectivity index (χ0) is 19.6. The maximum absolute atomic E-state index is 12.9. The Morgan fingerprint density at radius 1 is 1.30 bits per heavy atom. The highest BCUT2D eigenvalue weighted by molar-refractivity contribution is 7.09. The van der Waals surface area contributed by atoms with Crippen molar-refractivity contribution in [3.8, 4) is 0 Å². The Hall–Kier alpha value is -1.62. The van der Waals surface area contributed by atoms with E-state index in [0.717, 1.165) is 19.3 Å². The monoisotopic (exact) mass is 388 g/mol. The van der Waals surface area contributed by atoms with Gasteiger partial charge in [0.2, 0.25) is 11.8 Å². The minimum atomic E-state index is 0.0400. The Labute approximate surface area is 167 Å². The zero-order valence-electron chi connectivity index (χ0n) is 17.0. The van der Waals surface area contributed by atoms with Crippen LogP contribution >= 0.6 is 11.3 Å². The van der Waals surface area contributed by atoms with Crippen molar-refractivity contribution >= 4 is 23.2 Å². The Bertz CT molecular complexity index is 696. The van der Waals surface area contributed by atoms with Crippen molar-refractivity contribution in [3.63, 3.8) is 0 Å². The predicted molar refractivity (Wildman–Crippen MR) is 111 cm³/mol. The van der Waals surface area contributed by atoms with Gasteiger partial charge in [-0.2, -0.15) is 0 Å². The van der Waals surface area contributed by atoms with Crippen LogP contribution in [0.5, 0.6) is 0 Å². The summed E-state index contributed by atoms with van der Waals surface area (Å²) in [5.41, 5.74) is 1.34. The average molecular weight is 389 g/mol. The standard InChI is InChI=1S/C22H32N2O2S/c1-15(2)14-18-19(22(18,3)4)21(26)24-11-8-16(9-12-24)20(25)23-10-7-17-6-5-13-27-17/h5-6,13-14,16,18-19H,7-12H2,1-4H3,(H,23,25). The average Bonchev–Trinajstić information content (AvgIpc) is 2.98. The minimum Gasteiger partial charge on any atom is -0.355 e. The molecule has 3 rings (SSSR count). The maximum atomic E-state index is 12.9. The molecule has 2 atom stereocenters. The molecule has 1 aliphatic carbocycles. The number of amides is 2. The number of nitrogens with one attached hydrogen (secondary N) is 1. The van der Waals surface area contributed by atoms with Crippen LogP contribution in [-0.4, -0.2) is 36.3 Å². The summed E-state index contributed by atoms with van der Waals surface area (Å²) in [6.07, 6.45) is 4.69. The van der Waals surface area contributed by atoms with Gasteiger partial charge in [0, 0.05) is 30.4 Å². The number of hydrogen-bond acceptors (Lipinski definition) is 3. The summed E-state index contributed by atoms with van der Waals surface area (Å²) in [6.45, 7) is 10.7. The van der Waals surface area contributed by atoms with Crippen molar-refractivity contribution < 1.29 is 9.59 Å². The van der Waals surface area contributed by atoms with Gasteiger partial charge in [0.05, 0.1) is 5.92 Å². The van der Waals surface area contributed by atoms with Crippen LogP contribution in [0, 0.1) is 23.2 Å². The van der Waals surface area contributed by atoms with E-state index in [0.29, 0.717) is 25.6 Å². The van der Waals surface area contributed by atoms with E-state index >= 15 is 0 Å². The SMILES string of the molecule is CC(C)=CC1C(C(=O)N2CCC(C(=O)NCCc3cccs3)CC2)C1(C)C. The fourth-order valence-corrected chi connectivity index (χ4v) is 5.00. The molecule has 1 aromatic heterocycles. The van der Waals surface area contributed by atoms with Crippen LogP contribution in [0.1, 0.15) is 45.4 Å². The fourth-order valence-electron chi connectivity index (χ4n) is 4.29. The number of rotatable bonds is 6. The van der Waals surface area contributed by atoms with Gasteiger partial charge in [-0.05, 0) is 55.9 Å². The lowest BCUT2D eigenvalue weighted by atomic mass is 9.95. The van der Waals surface area contributed by atoms with Crippen LogP contribution in [0.15, 0.2) is 29.2 Å². The number of piperidine rings is 1. The van der Waals surface area contributed by atoms with E-state index in [1.54, 1.807) is 11.3 Å². The molecule has 0 radical (unpaired) electrons. The molecule has 0 bridgehead atoms. The molecular weight excluding hydrogens is 356 g/mol. The molecule has 1 saturated heterocycles. The van der Waals surface area contributed by atoms with E-state index in [-0.39, 0.29) is 29.1 Å². The quantitative estimate of drug-likeness (QED) is 0.752. The van der Waals surface area contributed by atoms with Crippen molar-refractivity contribution in [1.29, 1.82) is 0 Å². The summed E-state index contributed by atoms with van der Waals surface area (Å²) in [6, 6.07) is 4.14. The summed E-state index contributed by atoms with van der Waals surface area (Å²) in [5.74, 6) is 0.918. The molecule has 2 amide bonds. The van der Waals surface area contributed by atoms with E-state index in [2.05, 4.69) is 50.5 Å². The summed E-state index contributed by atoms with van der Waals surface area (Å²) < 4.78 is 0. The normalized spacial score (nSPS) is 24.4. The second-order valence-corrected chi connectivity index (χ2v) is 9.82. The predicted octanol–water partition coefficient (Wildman–Crippen LogP) is 3.88. The first kappa shape index (κ1) is 20.1. The summed E-state index contributed by atoms with van der Waals surface area (Å²) in [4.78, 5) is 28.6. The molecule has 2 aliphatic rings. The van der Waals surface area contributed by atoms with Crippen molar-refractivity contribution in [3.05, 3.63) is 34.0 Å². The summed E-state index contributed by atoms with van der Waals surface area (Å²) in [7, 11) is 0. The first-order valence-corrected chi connectivity index (χ1v) is 10.9. The molecule has 27 heavy (non-hydrogen) atoms. The fraction of sp³-hybridized carbons (Fsp3) is 0.636. The lowest BCUT2D eigenvalue weighted by molar-refractivity contribution is -0.137. The number of hydrogen-bond donors (Lipinski definition) is 1. The van der Waals surface area contributed by atoms with E-state index < -0.39 is 0 Å². The van der Waals surface area contributed by atoms with Gasteiger partial charge in [-0.1, -0.05) is 31.6 Å². The van der Waals surface area contributed by atoms with Gasteiger partial charge in [0.15, 0.2) is 0 Å². The molecule has 2 fully saturated rings. The number of carbonyl (C=O) groups excluding carboxylic acids is 2. The van der Waals surface area contributed by atoms with Gasteiger partial charge in [0.25, 0.3) is 0 Å². The Morgan fingerprint density at radius 2 is 2.00 bits per heavy atom. The third kappa shape index (κ3) is 4.63. The molecular formula is C22H32N2O2S. The molecule has 1 aliphatic heterocycles. The highest BCUT2D eigenvalue weighted by Crippen LogP contribution is 2.60. The second-order valence-electron chi connectivity index (χ2n) is 8.79. The van der Waals surface area contributed by atoms with Crippen molar-refractivity contribution in [2.45, 2.75) is 47.0 Å². The van der Waals surface area contributed by atoms with E-state index in [4.69, 9.17) is 0 Å². The minimum absolute atomic E-state index is 0.0400. The molecule has 0 spiro atoms. The third-order valence-electron chi connectivity index (χ3n) is 6.12. The first-order chi connectivity index (χ1) is 12.8. The molecule has 148 valence electrons. The molecule has 1 aromatic rings. The van der Waals surface area contributed by atoms with Gasteiger partial charge >= 0.3 is 0 Å². The molecule has 0 aromatic carbocycles. The highest BCUT2D eigenvalue weighted by atomic mass is 32.1. The molecule has 5 heteroatoms. The van der Waals surface area contributed by atoms with Crippen LogP contribution in [0.4, 0.5) is 0 Å². The topological polar surface area (TPSA) is 49.4 Å². The zero-order valence-corrected chi connectivity index (χ0v) is 17.8. The molecule has 2 heterocycles. The maximum Gasteiger partial charge on any atom is 0.226 e. The smallest absolute Gasteiger partial charge is 0.226 e. The van der Waals surface area contributed by atoms with Crippen LogP contribution in [-0.2, 0) is 16.0 Å². The van der Waals surface area contributed by atoms with Gasteiger partial charge in [-0.3, -0.25) is 9.59 Å². The first-order valence-electron chi connectivity index (χ1n) is 10.0. The van der Waals surface area contributed by atoms with E-state index in [1.165, 1.54) is 10.5 Å². The van der Waals surface area contributed by atoms with Crippen molar-refractivity contribution in [2.24, 2.45) is 23.2 Å². The van der Waals surface area contributed by atoms with Crippen LogP contribution in [0.2, 0.25) is 0 Å². The number of allylic oxidation sites excluding steroid dienone is 2. The third-order valence-corrected chi connectivity index (χ3v) is 7.05. The number of likely N-dealkylation sites (tertiary alicyclic amines) is 1. The van der Waals surface area contributed by atoms with Crippen molar-refractivity contribution in [1.82, 2.24) is 10.2 Å². The van der Waals surface area contributed by atoms with E-state index in [1.807, 2.05) is 11.0 Å². The Kier molecular flexibility index (Phi) is 6.09. The van der Waals surface area contributed by atoms with E-state index in [9.17, 15) is 9.59 Å². The van der Waals surface area contributed by atoms with Gasteiger partial charge in [-0.15, -0.1) is 11.3 Å². The molecule has 1 N–H and O–H groups in total. The van der Waals surface area contributed by atoms with Crippen LogP contribution in [0.25, 0.3) is 0 Å². The number of carbonyl (C=O) groups is 2. The van der Waals surface area contributed by atoms with Crippen molar-refractivity contribution in [2.75, 3.05) is 19.6 Å². The van der Waals surface area contributed by atoms with Gasteiger partial charge in [0.1, 0.15) is 0 Å². The second kappa shape index (κ2) is 8.17. The van der Waals surface area contributed by atoms with Crippen LogP contribution in [0.3, 0.4) is 0 Å².